The molecular weight excluding hydrogens is 615 g/mol. The van der Waals surface area contributed by atoms with Crippen molar-refractivity contribution in [1.29, 1.82) is 0 Å². The fourth-order valence-electron chi connectivity index (χ4n) is 7.56. The largest absolute Gasteiger partial charge is 0.497 e. The van der Waals surface area contributed by atoms with Crippen molar-refractivity contribution in [3.05, 3.63) is 29.6 Å². The molecule has 1 aromatic heterocycles. The Balaban J connectivity index is 1.63. The van der Waals surface area contributed by atoms with Gasteiger partial charge in [-0.3, -0.25) is 9.59 Å². The van der Waals surface area contributed by atoms with Crippen LogP contribution >= 0.6 is 0 Å². The van der Waals surface area contributed by atoms with Crippen molar-refractivity contribution < 1.29 is 41.8 Å². The van der Waals surface area contributed by atoms with Crippen molar-refractivity contribution in [2.75, 3.05) is 13.7 Å². The zero-order chi connectivity index (χ0) is 34.3. The molecule has 12 heteroatoms. The summed E-state index contributed by atoms with van der Waals surface area (Å²) < 4.78 is 65.9. The second-order valence-corrected chi connectivity index (χ2v) is 14.3. The van der Waals surface area contributed by atoms with Crippen LogP contribution in [-0.2, 0) is 20.2 Å². The predicted octanol–water partition coefficient (Wildman–Crippen LogP) is 6.93. The first-order chi connectivity index (χ1) is 22.2. The van der Waals surface area contributed by atoms with Gasteiger partial charge < -0.3 is 24.4 Å². The number of carbonyl (C=O) groups excluding carboxylic acids is 3. The summed E-state index contributed by atoms with van der Waals surface area (Å²) in [6, 6.07) is 2.26. The van der Waals surface area contributed by atoms with Crippen molar-refractivity contribution in [2.45, 2.75) is 116 Å². The number of carbonyl (C=O) groups is 3. The summed E-state index contributed by atoms with van der Waals surface area (Å²) in [5, 5.41) is 2.69. The Bertz CT molecular complexity index is 1510. The quantitative estimate of drug-likeness (QED) is 0.380. The maximum absolute atomic E-state index is 16.2. The molecule has 6 atom stereocenters. The minimum absolute atomic E-state index is 0.0169. The highest BCUT2D eigenvalue weighted by Gasteiger charge is 2.51. The number of nitrogens with one attached hydrogen (secondary N) is 1. The van der Waals surface area contributed by atoms with Gasteiger partial charge in [-0.25, -0.2) is 22.9 Å². The third kappa shape index (κ3) is 7.02. The third-order valence-corrected chi connectivity index (χ3v) is 10.0. The second kappa shape index (κ2) is 13.5. The number of alkyl carbamates (subject to hydrolysis) is 1. The number of benzene rings is 1. The molecule has 9 nitrogen and oxygen atoms in total. The monoisotopic (exact) mass is 661 g/mol. The van der Waals surface area contributed by atoms with Crippen LogP contribution in [0.15, 0.2) is 18.2 Å². The highest BCUT2D eigenvalue weighted by atomic mass is 19.3. The van der Waals surface area contributed by atoms with Gasteiger partial charge in [0, 0.05) is 23.8 Å². The molecule has 3 aliphatic rings. The summed E-state index contributed by atoms with van der Waals surface area (Å²) in [6.07, 6.45) is 0.958. The van der Waals surface area contributed by atoms with Gasteiger partial charge in [-0.15, -0.1) is 0 Å². The molecular formula is C35H46F3N3O6. The van der Waals surface area contributed by atoms with E-state index in [1.807, 2.05) is 6.92 Å². The van der Waals surface area contributed by atoms with Crippen LogP contribution in [0, 0.1) is 23.1 Å². The van der Waals surface area contributed by atoms with Crippen LogP contribution < -0.4 is 14.8 Å². The van der Waals surface area contributed by atoms with Crippen LogP contribution in [0.2, 0.25) is 0 Å². The molecule has 2 amide bonds. The van der Waals surface area contributed by atoms with E-state index in [9.17, 15) is 14.4 Å². The molecule has 1 saturated heterocycles. The minimum atomic E-state index is -3.63. The molecule has 0 radical (unpaired) electrons. The fourth-order valence-corrected chi connectivity index (χ4v) is 7.56. The Morgan fingerprint density at radius 1 is 1.11 bits per heavy atom. The molecule has 2 aliphatic heterocycles. The summed E-state index contributed by atoms with van der Waals surface area (Å²) >= 11 is 0. The Labute approximate surface area is 273 Å². The number of halogens is 3. The lowest BCUT2D eigenvalue weighted by Crippen LogP contribution is -2.57. The van der Waals surface area contributed by atoms with Crippen molar-refractivity contribution >= 4 is 28.7 Å². The van der Waals surface area contributed by atoms with Gasteiger partial charge in [0.25, 0.3) is 5.92 Å². The SMILES string of the molecule is CCC1[C@@H]2CN(C(=O)[C@H](C(C)(C)C)NC(=O)O[C@@H]3CCC[C@H]3CCCCC(F)(F)c3c(nc4cc(OC)ccc4c3F)O2)[C@@H]1C(C)=O. The minimum Gasteiger partial charge on any atom is -0.497 e. The molecule has 2 bridgehead atoms. The van der Waals surface area contributed by atoms with Crippen LogP contribution in [0.25, 0.3) is 10.9 Å². The average molecular weight is 662 g/mol. The van der Waals surface area contributed by atoms with Gasteiger partial charge >= 0.3 is 6.09 Å². The molecule has 5 rings (SSSR count). The number of methoxy groups -OCH3 is 1. The van der Waals surface area contributed by atoms with Crippen molar-refractivity contribution in [3.63, 3.8) is 0 Å². The number of amides is 2. The van der Waals surface area contributed by atoms with Gasteiger partial charge in [-0.05, 0) is 68.9 Å². The van der Waals surface area contributed by atoms with E-state index in [0.717, 1.165) is 12.8 Å². The summed E-state index contributed by atoms with van der Waals surface area (Å²) in [5.74, 6) is -6.44. The van der Waals surface area contributed by atoms with Crippen LogP contribution in [0.5, 0.6) is 11.6 Å². The van der Waals surface area contributed by atoms with E-state index in [4.69, 9.17) is 14.2 Å². The first kappa shape index (κ1) is 34.8. The van der Waals surface area contributed by atoms with Crippen LogP contribution in [0.3, 0.4) is 0 Å². The molecule has 2 fully saturated rings. The van der Waals surface area contributed by atoms with Crippen LogP contribution in [0.1, 0.15) is 91.5 Å². The first-order valence-electron chi connectivity index (χ1n) is 16.7. The summed E-state index contributed by atoms with van der Waals surface area (Å²) in [4.78, 5) is 46.4. The maximum atomic E-state index is 16.2. The van der Waals surface area contributed by atoms with E-state index in [-0.39, 0.29) is 35.6 Å². The summed E-state index contributed by atoms with van der Waals surface area (Å²) in [7, 11) is 1.43. The van der Waals surface area contributed by atoms with Gasteiger partial charge in [0.2, 0.25) is 11.8 Å². The molecule has 258 valence electrons. The van der Waals surface area contributed by atoms with E-state index in [1.165, 1.54) is 37.1 Å². The number of hydrogen-bond donors (Lipinski definition) is 1. The molecule has 47 heavy (non-hydrogen) atoms. The van der Waals surface area contributed by atoms with Gasteiger partial charge in [0.1, 0.15) is 35.4 Å². The van der Waals surface area contributed by atoms with Gasteiger partial charge in [0.15, 0.2) is 5.78 Å². The van der Waals surface area contributed by atoms with Crippen molar-refractivity contribution in [1.82, 2.24) is 15.2 Å². The highest BCUT2D eigenvalue weighted by Crippen LogP contribution is 2.45. The second-order valence-electron chi connectivity index (χ2n) is 14.3. The number of nitrogens with zero attached hydrogens (tertiary/aromatic N) is 2. The lowest BCUT2D eigenvalue weighted by Gasteiger charge is -2.35. The predicted molar refractivity (Wildman–Crippen MR) is 169 cm³/mol. The van der Waals surface area contributed by atoms with E-state index >= 15 is 13.2 Å². The molecule has 1 saturated carbocycles. The lowest BCUT2D eigenvalue weighted by molar-refractivity contribution is -0.141. The Hall–Kier alpha value is -3.57. The normalized spacial score (nSPS) is 28.7. The lowest BCUT2D eigenvalue weighted by atomic mass is 9.85. The molecule has 1 N–H and O–H groups in total. The number of ether oxygens (including phenoxy) is 3. The topological polar surface area (TPSA) is 107 Å². The maximum Gasteiger partial charge on any atom is 0.408 e. The molecule has 3 heterocycles. The third-order valence-electron chi connectivity index (χ3n) is 10.0. The standard InChI is InChI=1S/C35H46F3N3O6/c1-7-22-26-18-41(29(22)19(2)42)32(43)30(34(3,4)5)40-33(44)47-25-13-10-12-20(25)11-8-9-16-35(37,38)27-28(36)23-15-14-21(45-6)17-24(23)39-31(27)46-26/h14-15,17,20,22,25-26,29-30H,7-13,16,18H2,1-6H3,(H,40,44)/t20-,22?,25-,26+,29-,30-/m1/s1. The molecule has 0 spiro atoms. The Morgan fingerprint density at radius 3 is 2.49 bits per heavy atom. The fraction of sp³-hybridized carbons (Fsp3) is 0.657. The number of fused-ring (bicyclic) bond motifs is 5. The number of ketones is 1. The Morgan fingerprint density at radius 2 is 1.83 bits per heavy atom. The molecule has 1 aliphatic carbocycles. The number of hydrogen-bond acceptors (Lipinski definition) is 7. The zero-order valence-corrected chi connectivity index (χ0v) is 28.0. The average Bonchev–Trinajstić information content (AvgIpc) is 3.60. The highest BCUT2D eigenvalue weighted by molar-refractivity contribution is 5.92. The van der Waals surface area contributed by atoms with E-state index in [1.54, 1.807) is 20.8 Å². The Kier molecular flexibility index (Phi) is 9.99. The number of rotatable bonds is 3. The van der Waals surface area contributed by atoms with Crippen molar-refractivity contribution in [2.24, 2.45) is 17.3 Å². The van der Waals surface area contributed by atoms with Crippen LogP contribution in [0.4, 0.5) is 18.0 Å². The molecule has 2 aromatic rings. The number of aromatic nitrogens is 1. The number of alkyl halides is 2. The van der Waals surface area contributed by atoms with E-state index < -0.39 is 77.2 Å². The van der Waals surface area contributed by atoms with E-state index in [2.05, 4.69) is 10.3 Å². The zero-order valence-electron chi connectivity index (χ0n) is 28.0. The van der Waals surface area contributed by atoms with Crippen molar-refractivity contribution in [3.8, 4) is 11.6 Å². The van der Waals surface area contributed by atoms with Gasteiger partial charge in [-0.1, -0.05) is 34.1 Å². The number of Topliss-reactive ketones (excluding diaryl/α,β-unsaturated/α-hetero) is 1. The van der Waals surface area contributed by atoms with Gasteiger partial charge in [0.05, 0.1) is 25.2 Å². The van der Waals surface area contributed by atoms with E-state index in [0.29, 0.717) is 31.4 Å². The first-order valence-corrected chi connectivity index (χ1v) is 16.7. The summed E-state index contributed by atoms with van der Waals surface area (Å²) in [6.45, 7) is 8.42. The summed E-state index contributed by atoms with van der Waals surface area (Å²) in [5.41, 5.74) is -1.63. The smallest absolute Gasteiger partial charge is 0.408 e. The van der Waals surface area contributed by atoms with Gasteiger partial charge in [-0.2, -0.15) is 0 Å². The van der Waals surface area contributed by atoms with Crippen LogP contribution in [-0.4, -0.2) is 65.6 Å². The number of pyridine rings is 1. The molecule has 1 unspecified atom stereocenters. The molecule has 1 aromatic carbocycles.